The number of likely N-dealkylation sites (N-methyl/N-ethyl adjacent to an activating group) is 1. The van der Waals surface area contributed by atoms with Crippen LogP contribution in [0.4, 0.5) is 5.69 Å². The SMILES string of the molecule is CC(=O)c1cc(=O)c2c(C)ccc(N3CCN(C)CC3)c2o1. The molecule has 0 atom stereocenters. The van der Waals surface area contributed by atoms with E-state index in [1.54, 1.807) is 0 Å². The van der Waals surface area contributed by atoms with E-state index in [1.807, 2.05) is 19.1 Å². The summed E-state index contributed by atoms with van der Waals surface area (Å²) in [4.78, 5) is 28.5. The third-order valence-corrected chi connectivity index (χ3v) is 4.26. The van der Waals surface area contributed by atoms with Gasteiger partial charge in [-0.25, -0.2) is 0 Å². The molecule has 0 radical (unpaired) electrons. The summed E-state index contributed by atoms with van der Waals surface area (Å²) < 4.78 is 5.79. The molecule has 1 fully saturated rings. The van der Waals surface area contributed by atoms with Crippen molar-refractivity contribution in [2.75, 3.05) is 38.1 Å². The lowest BCUT2D eigenvalue weighted by Gasteiger charge is -2.34. The molecule has 0 bridgehead atoms. The molecule has 0 unspecified atom stereocenters. The molecule has 1 saturated heterocycles. The Morgan fingerprint density at radius 3 is 2.50 bits per heavy atom. The first-order chi connectivity index (χ1) is 10.5. The van der Waals surface area contributed by atoms with Crippen LogP contribution in [0.1, 0.15) is 23.0 Å². The molecule has 22 heavy (non-hydrogen) atoms. The molecule has 0 spiro atoms. The number of nitrogens with zero attached hydrogens (tertiary/aromatic N) is 2. The Morgan fingerprint density at radius 1 is 1.18 bits per heavy atom. The zero-order valence-corrected chi connectivity index (χ0v) is 13.2. The van der Waals surface area contributed by atoms with Crippen LogP contribution in [0.5, 0.6) is 0 Å². The normalized spacial score (nSPS) is 16.2. The lowest BCUT2D eigenvalue weighted by atomic mass is 10.1. The van der Waals surface area contributed by atoms with Crippen LogP contribution >= 0.6 is 0 Å². The molecule has 2 heterocycles. The lowest BCUT2D eigenvalue weighted by molar-refractivity contribution is 0.0988. The number of rotatable bonds is 2. The Bertz CT molecular complexity index is 786. The van der Waals surface area contributed by atoms with E-state index >= 15 is 0 Å². The van der Waals surface area contributed by atoms with Gasteiger partial charge in [0.25, 0.3) is 0 Å². The van der Waals surface area contributed by atoms with Crippen LogP contribution in [0.25, 0.3) is 11.0 Å². The maximum Gasteiger partial charge on any atom is 0.195 e. The predicted molar refractivity (Wildman–Crippen MR) is 86.9 cm³/mol. The van der Waals surface area contributed by atoms with Gasteiger partial charge in [-0.1, -0.05) is 6.07 Å². The largest absolute Gasteiger partial charge is 0.451 e. The van der Waals surface area contributed by atoms with Gasteiger partial charge in [-0.15, -0.1) is 0 Å². The summed E-state index contributed by atoms with van der Waals surface area (Å²) in [6.45, 7) is 6.99. The summed E-state index contributed by atoms with van der Waals surface area (Å²) >= 11 is 0. The fraction of sp³-hybridized carbons (Fsp3) is 0.412. The van der Waals surface area contributed by atoms with Crippen LogP contribution in [0.15, 0.2) is 27.4 Å². The molecule has 2 aromatic rings. The highest BCUT2D eigenvalue weighted by Gasteiger charge is 2.20. The molecule has 3 rings (SSSR count). The number of fused-ring (bicyclic) bond motifs is 1. The summed E-state index contributed by atoms with van der Waals surface area (Å²) in [6.07, 6.45) is 0. The minimum Gasteiger partial charge on any atom is -0.451 e. The van der Waals surface area contributed by atoms with Crippen molar-refractivity contribution in [2.24, 2.45) is 0 Å². The maximum atomic E-state index is 12.4. The molecule has 1 aromatic heterocycles. The first-order valence-electron chi connectivity index (χ1n) is 7.49. The van der Waals surface area contributed by atoms with Crippen LogP contribution < -0.4 is 10.3 Å². The summed E-state index contributed by atoms with van der Waals surface area (Å²) in [5.74, 6) is -0.108. The van der Waals surface area contributed by atoms with Gasteiger partial charge in [0.15, 0.2) is 22.6 Å². The molecule has 0 N–H and O–H groups in total. The van der Waals surface area contributed by atoms with Crippen molar-refractivity contribution < 1.29 is 9.21 Å². The van der Waals surface area contributed by atoms with E-state index in [0.29, 0.717) is 11.0 Å². The van der Waals surface area contributed by atoms with E-state index in [0.717, 1.165) is 37.4 Å². The standard InChI is InChI=1S/C17H20N2O3/c1-11-4-5-13(19-8-6-18(3)7-9-19)17-16(11)14(21)10-15(22-17)12(2)20/h4-5,10H,6-9H2,1-3H3. The number of carbonyl (C=O) groups is 1. The second kappa shape index (κ2) is 5.57. The molecule has 0 amide bonds. The van der Waals surface area contributed by atoms with Crippen molar-refractivity contribution in [1.29, 1.82) is 0 Å². The Hall–Kier alpha value is -2.14. The number of Topliss-reactive ketones (excluding diaryl/α,β-unsaturated/α-hetero) is 1. The van der Waals surface area contributed by atoms with Gasteiger partial charge in [-0.05, 0) is 25.6 Å². The number of anilines is 1. The van der Waals surface area contributed by atoms with Gasteiger partial charge < -0.3 is 14.2 Å². The Balaban J connectivity index is 2.20. The lowest BCUT2D eigenvalue weighted by Crippen LogP contribution is -2.44. The van der Waals surface area contributed by atoms with Crippen molar-refractivity contribution in [3.63, 3.8) is 0 Å². The minimum absolute atomic E-state index is 0.124. The molecule has 116 valence electrons. The number of aryl methyl sites for hydroxylation is 1. The van der Waals surface area contributed by atoms with Crippen LogP contribution in [0, 0.1) is 6.92 Å². The van der Waals surface area contributed by atoms with Gasteiger partial charge in [-0.2, -0.15) is 0 Å². The highest BCUT2D eigenvalue weighted by atomic mass is 16.3. The van der Waals surface area contributed by atoms with Crippen LogP contribution in [0.2, 0.25) is 0 Å². The van der Waals surface area contributed by atoms with Crippen molar-refractivity contribution in [3.05, 3.63) is 39.7 Å². The smallest absolute Gasteiger partial charge is 0.195 e. The average Bonchev–Trinajstić information content (AvgIpc) is 2.48. The van der Waals surface area contributed by atoms with Crippen LogP contribution in [0.3, 0.4) is 0 Å². The molecule has 1 aliphatic rings. The first-order valence-corrected chi connectivity index (χ1v) is 7.49. The molecule has 1 aliphatic heterocycles. The van der Waals surface area contributed by atoms with Crippen molar-refractivity contribution in [1.82, 2.24) is 4.90 Å². The molecule has 5 heteroatoms. The third-order valence-electron chi connectivity index (χ3n) is 4.26. The zero-order chi connectivity index (χ0) is 15.9. The fourth-order valence-corrected chi connectivity index (χ4v) is 2.88. The average molecular weight is 300 g/mol. The number of piperazine rings is 1. The maximum absolute atomic E-state index is 12.4. The van der Waals surface area contributed by atoms with Crippen molar-refractivity contribution >= 4 is 22.4 Å². The summed E-state index contributed by atoms with van der Waals surface area (Å²) in [7, 11) is 2.10. The quantitative estimate of drug-likeness (QED) is 0.795. The van der Waals surface area contributed by atoms with E-state index in [4.69, 9.17) is 4.42 Å². The molecule has 0 saturated carbocycles. The second-order valence-corrected chi connectivity index (χ2v) is 5.93. The van der Waals surface area contributed by atoms with Crippen LogP contribution in [-0.2, 0) is 0 Å². The number of benzene rings is 1. The summed E-state index contributed by atoms with van der Waals surface area (Å²) in [5.41, 5.74) is 2.15. The van der Waals surface area contributed by atoms with Crippen molar-refractivity contribution in [2.45, 2.75) is 13.8 Å². The van der Waals surface area contributed by atoms with E-state index in [9.17, 15) is 9.59 Å². The van der Waals surface area contributed by atoms with E-state index in [2.05, 4.69) is 16.8 Å². The molecule has 0 aliphatic carbocycles. The topological polar surface area (TPSA) is 53.8 Å². The van der Waals surface area contributed by atoms with Gasteiger partial charge in [0.1, 0.15) is 0 Å². The zero-order valence-electron chi connectivity index (χ0n) is 13.2. The Kier molecular flexibility index (Phi) is 3.74. The molecular weight excluding hydrogens is 280 g/mol. The molecule has 5 nitrogen and oxygen atoms in total. The summed E-state index contributed by atoms with van der Waals surface area (Å²) in [6, 6.07) is 5.22. The molecule has 1 aromatic carbocycles. The Labute approximate surface area is 129 Å². The number of carbonyl (C=O) groups excluding carboxylic acids is 1. The highest BCUT2D eigenvalue weighted by molar-refractivity contribution is 5.96. The number of hydrogen-bond acceptors (Lipinski definition) is 5. The van der Waals surface area contributed by atoms with Gasteiger partial charge in [-0.3, -0.25) is 9.59 Å². The predicted octanol–water partition coefficient (Wildman–Crippen LogP) is 2.06. The van der Waals surface area contributed by atoms with E-state index in [1.165, 1.54) is 13.0 Å². The minimum atomic E-state index is -0.232. The fourth-order valence-electron chi connectivity index (χ4n) is 2.88. The first kappa shape index (κ1) is 14.8. The van der Waals surface area contributed by atoms with E-state index in [-0.39, 0.29) is 17.0 Å². The molecular formula is C17H20N2O3. The van der Waals surface area contributed by atoms with Gasteiger partial charge in [0.2, 0.25) is 0 Å². The Morgan fingerprint density at radius 2 is 1.86 bits per heavy atom. The monoisotopic (exact) mass is 300 g/mol. The summed E-state index contributed by atoms with van der Waals surface area (Å²) in [5, 5.41) is 0.571. The number of ketones is 1. The van der Waals surface area contributed by atoms with E-state index < -0.39 is 0 Å². The number of hydrogen-bond donors (Lipinski definition) is 0. The third kappa shape index (κ3) is 2.52. The van der Waals surface area contributed by atoms with Crippen molar-refractivity contribution in [3.8, 4) is 0 Å². The van der Waals surface area contributed by atoms with Gasteiger partial charge >= 0.3 is 0 Å². The highest BCUT2D eigenvalue weighted by Crippen LogP contribution is 2.29. The van der Waals surface area contributed by atoms with Crippen LogP contribution in [-0.4, -0.2) is 43.9 Å². The van der Waals surface area contributed by atoms with Gasteiger partial charge in [0.05, 0.1) is 11.1 Å². The van der Waals surface area contributed by atoms with Gasteiger partial charge in [0, 0.05) is 39.2 Å². The second-order valence-electron chi connectivity index (χ2n) is 5.93.